The molecule has 0 saturated carbocycles. The number of piperidine rings is 1. The van der Waals surface area contributed by atoms with Gasteiger partial charge in [-0.2, -0.15) is 0 Å². The van der Waals surface area contributed by atoms with Gasteiger partial charge in [0.05, 0.1) is 13.7 Å². The van der Waals surface area contributed by atoms with E-state index >= 15 is 0 Å². The summed E-state index contributed by atoms with van der Waals surface area (Å²) < 4.78 is 24.0. The van der Waals surface area contributed by atoms with Crippen molar-refractivity contribution in [1.82, 2.24) is 10.2 Å². The molecule has 0 radical (unpaired) electrons. The molecule has 1 fully saturated rings. The Balaban J connectivity index is 1.34. The molecule has 0 bridgehead atoms. The third kappa shape index (κ3) is 7.44. The first kappa shape index (κ1) is 23.4. The summed E-state index contributed by atoms with van der Waals surface area (Å²) >= 11 is 0. The first-order chi connectivity index (χ1) is 15.5. The van der Waals surface area contributed by atoms with Gasteiger partial charge in [-0.1, -0.05) is 6.07 Å². The molecule has 1 heterocycles. The normalized spacial score (nSPS) is 15.7. The van der Waals surface area contributed by atoms with Gasteiger partial charge in [0.15, 0.2) is 0 Å². The van der Waals surface area contributed by atoms with Gasteiger partial charge in [-0.3, -0.25) is 4.79 Å². The minimum absolute atomic E-state index is 0.109. The van der Waals surface area contributed by atoms with Crippen LogP contribution in [0, 0.1) is 11.7 Å². The van der Waals surface area contributed by atoms with Gasteiger partial charge in [0.25, 0.3) is 0 Å². The number of carbonyl (C=O) groups is 2. The van der Waals surface area contributed by atoms with E-state index in [0.29, 0.717) is 38.2 Å². The van der Waals surface area contributed by atoms with Gasteiger partial charge in [-0.15, -0.1) is 0 Å². The molecule has 1 saturated heterocycles. The van der Waals surface area contributed by atoms with Crippen molar-refractivity contribution < 1.29 is 23.5 Å². The highest BCUT2D eigenvalue weighted by molar-refractivity contribution is 5.89. The highest BCUT2D eigenvalue weighted by Gasteiger charge is 2.23. The lowest BCUT2D eigenvalue weighted by atomic mass is 9.97. The van der Waals surface area contributed by atoms with Crippen LogP contribution in [0.25, 0.3) is 0 Å². The van der Waals surface area contributed by atoms with Crippen LogP contribution in [0.1, 0.15) is 25.7 Å². The average molecular weight is 444 g/mol. The Labute approximate surface area is 187 Å². The molecule has 1 atom stereocenters. The Morgan fingerprint density at radius 3 is 2.69 bits per heavy atom. The van der Waals surface area contributed by atoms with E-state index in [-0.39, 0.29) is 17.9 Å². The van der Waals surface area contributed by atoms with Gasteiger partial charge in [0.1, 0.15) is 17.3 Å². The maximum absolute atomic E-state index is 13.2. The number of nitrogens with one attached hydrogen (secondary N) is 2. The van der Waals surface area contributed by atoms with Gasteiger partial charge in [0.2, 0.25) is 5.91 Å². The number of benzene rings is 2. The van der Waals surface area contributed by atoms with Crippen LogP contribution in [0.5, 0.6) is 11.5 Å². The van der Waals surface area contributed by atoms with Crippen molar-refractivity contribution in [2.24, 2.45) is 5.92 Å². The number of halogens is 1. The van der Waals surface area contributed by atoms with E-state index in [1.54, 1.807) is 13.2 Å². The monoisotopic (exact) mass is 443 g/mol. The molecule has 0 aliphatic carbocycles. The fourth-order valence-corrected chi connectivity index (χ4v) is 3.68. The van der Waals surface area contributed by atoms with Gasteiger partial charge >= 0.3 is 6.03 Å². The summed E-state index contributed by atoms with van der Waals surface area (Å²) in [5.41, 5.74) is 0.403. The summed E-state index contributed by atoms with van der Waals surface area (Å²) in [6.45, 7) is 2.30. The van der Waals surface area contributed by atoms with Crippen molar-refractivity contribution >= 4 is 17.6 Å². The number of hydrogen-bond donors (Lipinski definition) is 2. The smallest absolute Gasteiger partial charge is 0.319 e. The quantitative estimate of drug-likeness (QED) is 0.573. The standard InChI is InChI=1S/C24H30FN3O4/c1-31-21-9-11-22(12-10-21)32-14-4-8-23(29)28-13-3-5-18(17-28)16-26-24(30)27-20-7-2-6-19(25)15-20/h2,6-7,9-12,15,18H,3-5,8,13-14,16-17H2,1H3,(H2,26,27,30). The lowest BCUT2D eigenvalue weighted by molar-refractivity contribution is -0.133. The van der Waals surface area contributed by atoms with Crippen LogP contribution < -0.4 is 20.1 Å². The second-order valence-corrected chi connectivity index (χ2v) is 7.82. The molecule has 7 nitrogen and oxygen atoms in total. The first-order valence-electron chi connectivity index (χ1n) is 10.9. The molecule has 0 spiro atoms. The molecule has 1 unspecified atom stereocenters. The number of ether oxygens (including phenoxy) is 2. The summed E-state index contributed by atoms with van der Waals surface area (Å²) in [4.78, 5) is 26.5. The van der Waals surface area contributed by atoms with Crippen molar-refractivity contribution in [3.8, 4) is 11.5 Å². The van der Waals surface area contributed by atoms with E-state index in [2.05, 4.69) is 10.6 Å². The SMILES string of the molecule is COc1ccc(OCCCC(=O)N2CCCC(CNC(=O)Nc3cccc(F)c3)C2)cc1. The van der Waals surface area contributed by atoms with Crippen molar-refractivity contribution in [3.05, 3.63) is 54.3 Å². The average Bonchev–Trinajstić information content (AvgIpc) is 2.81. The van der Waals surface area contributed by atoms with E-state index in [0.717, 1.165) is 30.9 Å². The number of nitrogens with zero attached hydrogens (tertiary/aromatic N) is 1. The van der Waals surface area contributed by atoms with Gasteiger partial charge in [0, 0.05) is 31.7 Å². The van der Waals surface area contributed by atoms with Gasteiger partial charge in [-0.25, -0.2) is 9.18 Å². The lowest BCUT2D eigenvalue weighted by Gasteiger charge is -2.33. The Morgan fingerprint density at radius 1 is 1.16 bits per heavy atom. The largest absolute Gasteiger partial charge is 0.497 e. The maximum Gasteiger partial charge on any atom is 0.319 e. The second-order valence-electron chi connectivity index (χ2n) is 7.82. The van der Waals surface area contributed by atoms with Gasteiger partial charge in [-0.05, 0) is 67.6 Å². The van der Waals surface area contributed by atoms with Crippen LogP contribution >= 0.6 is 0 Å². The molecule has 32 heavy (non-hydrogen) atoms. The predicted octanol–water partition coefficient (Wildman–Crippen LogP) is 4.05. The zero-order chi connectivity index (χ0) is 22.8. The second kappa shape index (κ2) is 11.9. The van der Waals surface area contributed by atoms with Crippen LogP contribution in [0.15, 0.2) is 48.5 Å². The molecule has 8 heteroatoms. The van der Waals surface area contributed by atoms with E-state index in [1.165, 1.54) is 18.2 Å². The molecular weight excluding hydrogens is 413 g/mol. The fraction of sp³-hybridized carbons (Fsp3) is 0.417. The first-order valence-corrected chi connectivity index (χ1v) is 10.9. The number of urea groups is 1. The van der Waals surface area contributed by atoms with E-state index in [1.807, 2.05) is 29.2 Å². The molecule has 3 rings (SSSR count). The van der Waals surface area contributed by atoms with Gasteiger partial charge < -0.3 is 25.0 Å². The van der Waals surface area contributed by atoms with Crippen LogP contribution in [0.4, 0.5) is 14.9 Å². The summed E-state index contributed by atoms with van der Waals surface area (Å²) in [6, 6.07) is 12.7. The van der Waals surface area contributed by atoms with Crippen LogP contribution in [0.2, 0.25) is 0 Å². The maximum atomic E-state index is 13.2. The van der Waals surface area contributed by atoms with Crippen molar-refractivity contribution in [2.45, 2.75) is 25.7 Å². The van der Waals surface area contributed by atoms with Crippen molar-refractivity contribution in [3.63, 3.8) is 0 Å². The summed E-state index contributed by atoms with van der Waals surface area (Å²) in [7, 11) is 1.62. The highest BCUT2D eigenvalue weighted by Crippen LogP contribution is 2.19. The Bertz CT molecular complexity index is 891. The van der Waals surface area contributed by atoms with E-state index < -0.39 is 5.82 Å². The zero-order valence-electron chi connectivity index (χ0n) is 18.3. The number of likely N-dealkylation sites (tertiary alicyclic amines) is 1. The molecule has 1 aliphatic heterocycles. The molecule has 172 valence electrons. The van der Waals surface area contributed by atoms with Crippen molar-refractivity contribution in [2.75, 3.05) is 38.7 Å². The van der Waals surface area contributed by atoms with Crippen LogP contribution in [0.3, 0.4) is 0 Å². The third-order valence-corrected chi connectivity index (χ3v) is 5.37. The van der Waals surface area contributed by atoms with Crippen molar-refractivity contribution in [1.29, 1.82) is 0 Å². The molecule has 0 aromatic heterocycles. The minimum atomic E-state index is -0.404. The van der Waals surface area contributed by atoms with E-state index in [9.17, 15) is 14.0 Å². The molecular formula is C24H30FN3O4. The number of anilines is 1. The molecule has 3 amide bonds. The molecule has 2 aromatic carbocycles. The molecule has 2 aromatic rings. The topological polar surface area (TPSA) is 79.9 Å². The molecule has 1 aliphatic rings. The summed E-state index contributed by atoms with van der Waals surface area (Å²) in [5, 5.41) is 5.44. The Kier molecular flexibility index (Phi) is 8.71. The fourth-order valence-electron chi connectivity index (χ4n) is 3.68. The zero-order valence-corrected chi connectivity index (χ0v) is 18.3. The third-order valence-electron chi connectivity index (χ3n) is 5.37. The number of amides is 3. The number of rotatable bonds is 9. The summed E-state index contributed by atoms with van der Waals surface area (Å²) in [6.07, 6.45) is 2.92. The number of hydrogen-bond acceptors (Lipinski definition) is 4. The highest BCUT2D eigenvalue weighted by atomic mass is 19.1. The van der Waals surface area contributed by atoms with Crippen LogP contribution in [-0.4, -0.2) is 50.2 Å². The molecule has 2 N–H and O–H groups in total. The van der Waals surface area contributed by atoms with Crippen LogP contribution in [-0.2, 0) is 4.79 Å². The predicted molar refractivity (Wildman–Crippen MR) is 120 cm³/mol. The summed E-state index contributed by atoms with van der Waals surface area (Å²) in [5.74, 6) is 1.42. The van der Waals surface area contributed by atoms with E-state index in [4.69, 9.17) is 9.47 Å². The Morgan fingerprint density at radius 2 is 1.94 bits per heavy atom. The minimum Gasteiger partial charge on any atom is -0.497 e. The Hall–Kier alpha value is -3.29. The lowest BCUT2D eigenvalue weighted by Crippen LogP contribution is -2.44. The number of methoxy groups -OCH3 is 1. The number of carbonyl (C=O) groups excluding carboxylic acids is 2.